The van der Waals surface area contributed by atoms with Gasteiger partial charge in [-0.05, 0) is 29.7 Å². The van der Waals surface area contributed by atoms with E-state index >= 15 is 0 Å². The Kier molecular flexibility index (Phi) is 4.60. The van der Waals surface area contributed by atoms with E-state index in [1.807, 2.05) is 42.5 Å². The predicted octanol–water partition coefficient (Wildman–Crippen LogP) is 2.11. The third kappa shape index (κ3) is 3.13. The van der Waals surface area contributed by atoms with Gasteiger partial charge in [0.2, 0.25) is 11.7 Å². The standard InChI is InChI=1S/C20H19N5O3/c1-13(25-22-18(21-23-25)15-8-3-2-4-9-15)19(26)24-12-11-14-7-5-6-10-16(14)17(24)20(27)28/h2-10,13,17H,11-12H2,1H3,(H,27,28). The lowest BCUT2D eigenvalue weighted by Gasteiger charge is -2.35. The second-order valence-corrected chi connectivity index (χ2v) is 6.70. The lowest BCUT2D eigenvalue weighted by atomic mass is 9.92. The number of carboxylic acids is 1. The maximum Gasteiger partial charge on any atom is 0.331 e. The molecule has 4 rings (SSSR count). The second kappa shape index (κ2) is 7.22. The fourth-order valence-corrected chi connectivity index (χ4v) is 3.50. The zero-order valence-electron chi connectivity index (χ0n) is 15.3. The zero-order valence-corrected chi connectivity index (χ0v) is 15.3. The van der Waals surface area contributed by atoms with Crippen molar-refractivity contribution in [1.29, 1.82) is 0 Å². The average Bonchev–Trinajstić information content (AvgIpc) is 3.22. The molecule has 0 fully saturated rings. The minimum Gasteiger partial charge on any atom is -0.479 e. The first-order valence-corrected chi connectivity index (χ1v) is 9.02. The summed E-state index contributed by atoms with van der Waals surface area (Å²) in [6, 6.07) is 14.9. The highest BCUT2D eigenvalue weighted by Gasteiger charge is 2.38. The molecule has 0 radical (unpaired) electrons. The summed E-state index contributed by atoms with van der Waals surface area (Å²) in [5.41, 5.74) is 2.40. The van der Waals surface area contributed by atoms with Crippen LogP contribution in [0.4, 0.5) is 0 Å². The minimum atomic E-state index is -1.05. The van der Waals surface area contributed by atoms with Crippen molar-refractivity contribution in [3.8, 4) is 11.4 Å². The molecule has 0 aliphatic carbocycles. The number of hydrogen-bond acceptors (Lipinski definition) is 5. The van der Waals surface area contributed by atoms with Gasteiger partial charge in [0.1, 0.15) is 6.04 Å². The van der Waals surface area contributed by atoms with Gasteiger partial charge in [-0.15, -0.1) is 10.2 Å². The van der Waals surface area contributed by atoms with Gasteiger partial charge in [0.15, 0.2) is 6.04 Å². The summed E-state index contributed by atoms with van der Waals surface area (Å²) >= 11 is 0. The summed E-state index contributed by atoms with van der Waals surface area (Å²) in [6.07, 6.45) is 0.610. The minimum absolute atomic E-state index is 0.331. The number of carbonyl (C=O) groups excluding carboxylic acids is 1. The van der Waals surface area contributed by atoms with Gasteiger partial charge in [-0.3, -0.25) is 4.79 Å². The quantitative estimate of drug-likeness (QED) is 0.747. The van der Waals surface area contributed by atoms with E-state index in [9.17, 15) is 14.7 Å². The van der Waals surface area contributed by atoms with Crippen molar-refractivity contribution < 1.29 is 14.7 Å². The molecule has 0 saturated carbocycles. The molecule has 1 aliphatic rings. The van der Waals surface area contributed by atoms with Crippen LogP contribution in [0.25, 0.3) is 11.4 Å². The normalized spacial score (nSPS) is 17.0. The average molecular weight is 377 g/mol. The first-order valence-electron chi connectivity index (χ1n) is 9.02. The molecule has 2 unspecified atom stereocenters. The molecule has 1 amide bonds. The van der Waals surface area contributed by atoms with Gasteiger partial charge in [0, 0.05) is 12.1 Å². The van der Waals surface area contributed by atoms with Crippen LogP contribution in [0.3, 0.4) is 0 Å². The van der Waals surface area contributed by atoms with Crippen molar-refractivity contribution in [2.24, 2.45) is 0 Å². The van der Waals surface area contributed by atoms with E-state index < -0.39 is 18.1 Å². The number of nitrogens with zero attached hydrogens (tertiary/aromatic N) is 5. The Labute approximate surface area is 161 Å². The number of fused-ring (bicyclic) bond motifs is 1. The van der Waals surface area contributed by atoms with Crippen molar-refractivity contribution in [2.45, 2.75) is 25.4 Å². The van der Waals surface area contributed by atoms with Gasteiger partial charge in [-0.1, -0.05) is 54.6 Å². The Balaban J connectivity index is 1.60. The fraction of sp³-hybridized carbons (Fsp3) is 0.250. The van der Waals surface area contributed by atoms with Crippen LogP contribution in [0.5, 0.6) is 0 Å². The van der Waals surface area contributed by atoms with Crippen molar-refractivity contribution >= 4 is 11.9 Å². The summed E-state index contributed by atoms with van der Waals surface area (Å²) in [4.78, 5) is 27.7. The molecule has 142 valence electrons. The van der Waals surface area contributed by atoms with Crippen LogP contribution < -0.4 is 0 Å². The lowest BCUT2D eigenvalue weighted by molar-refractivity contribution is -0.152. The van der Waals surface area contributed by atoms with E-state index in [1.54, 1.807) is 19.1 Å². The number of aliphatic carboxylic acids is 1. The summed E-state index contributed by atoms with van der Waals surface area (Å²) in [5.74, 6) is -0.984. The van der Waals surface area contributed by atoms with Gasteiger partial charge in [0.25, 0.3) is 0 Å². The van der Waals surface area contributed by atoms with E-state index in [0.717, 1.165) is 11.1 Å². The predicted molar refractivity (Wildman–Crippen MR) is 100 cm³/mol. The van der Waals surface area contributed by atoms with Crippen molar-refractivity contribution in [3.63, 3.8) is 0 Å². The van der Waals surface area contributed by atoms with E-state index in [2.05, 4.69) is 15.4 Å². The van der Waals surface area contributed by atoms with Gasteiger partial charge in [-0.25, -0.2) is 4.79 Å². The molecule has 3 aromatic rings. The fourth-order valence-electron chi connectivity index (χ4n) is 3.50. The van der Waals surface area contributed by atoms with Crippen LogP contribution >= 0.6 is 0 Å². The van der Waals surface area contributed by atoms with E-state index in [1.165, 1.54) is 9.70 Å². The molecule has 1 aliphatic heterocycles. The Hall–Kier alpha value is -3.55. The van der Waals surface area contributed by atoms with E-state index in [4.69, 9.17) is 0 Å². The summed E-state index contributed by atoms with van der Waals surface area (Å²) in [7, 11) is 0. The topological polar surface area (TPSA) is 101 Å². The van der Waals surface area contributed by atoms with Crippen LogP contribution in [0.15, 0.2) is 54.6 Å². The first-order chi connectivity index (χ1) is 13.6. The van der Waals surface area contributed by atoms with Crippen molar-refractivity contribution in [3.05, 3.63) is 65.7 Å². The highest BCUT2D eigenvalue weighted by molar-refractivity contribution is 5.87. The molecule has 8 nitrogen and oxygen atoms in total. The number of carboxylic acid groups (broad SMARTS) is 1. The Bertz CT molecular complexity index is 1020. The molecule has 2 heterocycles. The first kappa shape index (κ1) is 17.8. The van der Waals surface area contributed by atoms with Crippen molar-refractivity contribution in [2.75, 3.05) is 6.54 Å². The van der Waals surface area contributed by atoms with Crippen molar-refractivity contribution in [1.82, 2.24) is 25.1 Å². The van der Waals surface area contributed by atoms with Crippen LogP contribution in [0.2, 0.25) is 0 Å². The number of tetrazole rings is 1. The SMILES string of the molecule is CC(C(=O)N1CCc2ccccc2C1C(=O)O)n1nnc(-c2ccccc2)n1. The lowest BCUT2D eigenvalue weighted by Crippen LogP contribution is -2.46. The molecule has 2 atom stereocenters. The van der Waals surface area contributed by atoms with Crippen LogP contribution in [0, 0.1) is 0 Å². The van der Waals surface area contributed by atoms with Crippen LogP contribution in [0.1, 0.15) is 30.1 Å². The molecular formula is C20H19N5O3. The molecule has 28 heavy (non-hydrogen) atoms. The summed E-state index contributed by atoms with van der Waals surface area (Å²) in [6.45, 7) is 1.98. The largest absolute Gasteiger partial charge is 0.479 e. The van der Waals surface area contributed by atoms with Gasteiger partial charge >= 0.3 is 5.97 Å². The van der Waals surface area contributed by atoms with Gasteiger partial charge in [0.05, 0.1) is 0 Å². The number of rotatable bonds is 4. The monoisotopic (exact) mass is 377 g/mol. The Morgan fingerprint density at radius 2 is 1.82 bits per heavy atom. The van der Waals surface area contributed by atoms with Gasteiger partial charge < -0.3 is 10.0 Å². The molecule has 8 heteroatoms. The molecular weight excluding hydrogens is 358 g/mol. The Morgan fingerprint density at radius 1 is 1.11 bits per heavy atom. The number of carbonyl (C=O) groups is 2. The summed E-state index contributed by atoms with van der Waals surface area (Å²) < 4.78 is 0. The molecule has 1 aromatic heterocycles. The second-order valence-electron chi connectivity index (χ2n) is 6.70. The molecule has 2 aromatic carbocycles. The van der Waals surface area contributed by atoms with Gasteiger partial charge in [-0.2, -0.15) is 4.80 Å². The maximum atomic E-state index is 13.1. The highest BCUT2D eigenvalue weighted by Crippen LogP contribution is 2.31. The zero-order chi connectivity index (χ0) is 19.7. The van der Waals surface area contributed by atoms with Crippen LogP contribution in [-0.2, 0) is 16.0 Å². The summed E-state index contributed by atoms with van der Waals surface area (Å²) in [5, 5.41) is 22.1. The number of hydrogen-bond donors (Lipinski definition) is 1. The molecule has 0 saturated heterocycles. The third-order valence-corrected chi connectivity index (χ3v) is 4.96. The van der Waals surface area contributed by atoms with E-state index in [0.29, 0.717) is 24.4 Å². The highest BCUT2D eigenvalue weighted by atomic mass is 16.4. The smallest absolute Gasteiger partial charge is 0.331 e. The Morgan fingerprint density at radius 3 is 2.57 bits per heavy atom. The number of aromatic nitrogens is 4. The number of benzene rings is 2. The molecule has 1 N–H and O–H groups in total. The third-order valence-electron chi connectivity index (χ3n) is 4.96. The number of amides is 1. The molecule has 0 spiro atoms. The molecule has 0 bridgehead atoms. The maximum absolute atomic E-state index is 13.1. The van der Waals surface area contributed by atoms with E-state index in [-0.39, 0.29) is 5.91 Å². The van der Waals surface area contributed by atoms with Crippen LogP contribution in [-0.4, -0.2) is 48.6 Å².